The van der Waals surface area contributed by atoms with Crippen molar-refractivity contribution in [2.75, 3.05) is 11.5 Å². The lowest BCUT2D eigenvalue weighted by molar-refractivity contribution is 0.150. The van der Waals surface area contributed by atoms with E-state index in [1.807, 2.05) is 17.8 Å². The molecular weight excluding hydrogens is 192 g/mol. The van der Waals surface area contributed by atoms with Gasteiger partial charge in [0.25, 0.3) is 0 Å². The molecule has 1 aromatic rings. The molecule has 1 N–H and O–H groups in total. The standard InChI is InChI=1S/C12H14OS/c13-12(5-6-12)11-4-2-1-3-10(11)9-7-14-8-9/h1-4,9,13H,5-8H2. The maximum atomic E-state index is 10.1. The first kappa shape index (κ1) is 8.81. The van der Waals surface area contributed by atoms with Crippen molar-refractivity contribution >= 4 is 11.8 Å². The summed E-state index contributed by atoms with van der Waals surface area (Å²) in [4.78, 5) is 0. The average molecular weight is 206 g/mol. The van der Waals surface area contributed by atoms with Crippen LogP contribution >= 0.6 is 11.8 Å². The fourth-order valence-corrected chi connectivity index (χ4v) is 2.91. The zero-order valence-corrected chi connectivity index (χ0v) is 8.89. The van der Waals surface area contributed by atoms with Gasteiger partial charge in [0.2, 0.25) is 0 Å². The lowest BCUT2D eigenvalue weighted by atomic mass is 9.92. The molecule has 2 heteroatoms. The lowest BCUT2D eigenvalue weighted by Crippen LogP contribution is -2.20. The van der Waals surface area contributed by atoms with E-state index >= 15 is 0 Å². The molecule has 1 saturated heterocycles. The van der Waals surface area contributed by atoms with Gasteiger partial charge in [-0.05, 0) is 24.0 Å². The van der Waals surface area contributed by atoms with Crippen LogP contribution in [0.1, 0.15) is 29.9 Å². The van der Waals surface area contributed by atoms with Crippen LogP contribution in [0.15, 0.2) is 24.3 Å². The Morgan fingerprint density at radius 2 is 1.93 bits per heavy atom. The van der Waals surface area contributed by atoms with E-state index in [-0.39, 0.29) is 0 Å². The molecule has 1 aliphatic carbocycles. The molecule has 0 amide bonds. The number of hydrogen-bond donors (Lipinski definition) is 1. The van der Waals surface area contributed by atoms with E-state index in [2.05, 4.69) is 18.2 Å². The van der Waals surface area contributed by atoms with Gasteiger partial charge in [-0.2, -0.15) is 11.8 Å². The van der Waals surface area contributed by atoms with Crippen LogP contribution in [0, 0.1) is 0 Å². The van der Waals surface area contributed by atoms with Gasteiger partial charge in [-0.15, -0.1) is 0 Å². The summed E-state index contributed by atoms with van der Waals surface area (Å²) in [5, 5.41) is 10.1. The molecular formula is C12H14OS. The summed E-state index contributed by atoms with van der Waals surface area (Å²) < 4.78 is 0. The van der Waals surface area contributed by atoms with Gasteiger partial charge >= 0.3 is 0 Å². The Balaban J connectivity index is 2.00. The van der Waals surface area contributed by atoms with Crippen LogP contribution in [-0.2, 0) is 5.60 Å². The largest absolute Gasteiger partial charge is 0.385 e. The van der Waals surface area contributed by atoms with Crippen LogP contribution in [-0.4, -0.2) is 16.6 Å². The third kappa shape index (κ3) is 1.29. The highest BCUT2D eigenvalue weighted by Crippen LogP contribution is 2.49. The molecule has 1 aliphatic heterocycles. The van der Waals surface area contributed by atoms with E-state index in [4.69, 9.17) is 0 Å². The third-order valence-electron chi connectivity index (χ3n) is 3.26. The second-order valence-corrected chi connectivity index (χ2v) is 5.43. The number of benzene rings is 1. The fourth-order valence-electron chi connectivity index (χ4n) is 2.08. The minimum Gasteiger partial charge on any atom is -0.385 e. The smallest absolute Gasteiger partial charge is 0.0901 e. The molecule has 14 heavy (non-hydrogen) atoms. The normalized spacial score (nSPS) is 24.4. The van der Waals surface area contributed by atoms with Crippen LogP contribution in [0.4, 0.5) is 0 Å². The van der Waals surface area contributed by atoms with Crippen molar-refractivity contribution in [1.82, 2.24) is 0 Å². The summed E-state index contributed by atoms with van der Waals surface area (Å²) in [5.41, 5.74) is 2.13. The number of thioether (sulfide) groups is 1. The van der Waals surface area contributed by atoms with E-state index in [1.165, 1.54) is 22.6 Å². The number of aliphatic hydroxyl groups is 1. The summed E-state index contributed by atoms with van der Waals surface area (Å²) in [6.45, 7) is 0. The SMILES string of the molecule is OC1(c2ccccc2C2CSC2)CC1. The number of rotatable bonds is 2. The van der Waals surface area contributed by atoms with Gasteiger partial charge in [-0.3, -0.25) is 0 Å². The fraction of sp³-hybridized carbons (Fsp3) is 0.500. The molecule has 0 unspecified atom stereocenters. The Labute approximate surface area is 88.5 Å². The van der Waals surface area contributed by atoms with Gasteiger partial charge in [-0.25, -0.2) is 0 Å². The minimum absolute atomic E-state index is 0.461. The Hall–Kier alpha value is -0.470. The highest BCUT2D eigenvalue weighted by molar-refractivity contribution is 8.00. The van der Waals surface area contributed by atoms with Crippen molar-refractivity contribution in [3.05, 3.63) is 35.4 Å². The highest BCUT2D eigenvalue weighted by atomic mass is 32.2. The molecule has 0 aromatic heterocycles. The predicted molar refractivity (Wildman–Crippen MR) is 59.6 cm³/mol. The summed E-state index contributed by atoms with van der Waals surface area (Å²) in [6, 6.07) is 8.43. The van der Waals surface area contributed by atoms with Crippen molar-refractivity contribution in [3.63, 3.8) is 0 Å². The molecule has 0 radical (unpaired) electrons. The monoisotopic (exact) mass is 206 g/mol. The first-order valence-electron chi connectivity index (χ1n) is 5.19. The van der Waals surface area contributed by atoms with Crippen molar-refractivity contribution in [2.45, 2.75) is 24.4 Å². The molecule has 1 saturated carbocycles. The molecule has 0 bridgehead atoms. The Morgan fingerprint density at radius 1 is 1.21 bits per heavy atom. The maximum absolute atomic E-state index is 10.1. The van der Waals surface area contributed by atoms with Crippen LogP contribution in [0.2, 0.25) is 0 Å². The topological polar surface area (TPSA) is 20.2 Å². The molecule has 2 aliphatic rings. The molecule has 2 fully saturated rings. The average Bonchev–Trinajstić information content (AvgIpc) is 2.83. The molecule has 1 aromatic carbocycles. The second kappa shape index (κ2) is 3.01. The van der Waals surface area contributed by atoms with E-state index in [0.29, 0.717) is 5.92 Å². The van der Waals surface area contributed by atoms with Crippen LogP contribution < -0.4 is 0 Å². The second-order valence-electron chi connectivity index (χ2n) is 4.35. The quantitative estimate of drug-likeness (QED) is 0.802. The molecule has 0 atom stereocenters. The Kier molecular flexibility index (Phi) is 1.89. The van der Waals surface area contributed by atoms with Crippen molar-refractivity contribution in [3.8, 4) is 0 Å². The van der Waals surface area contributed by atoms with Crippen molar-refractivity contribution < 1.29 is 5.11 Å². The molecule has 1 nitrogen and oxygen atoms in total. The van der Waals surface area contributed by atoms with Crippen LogP contribution in [0.25, 0.3) is 0 Å². The third-order valence-corrected chi connectivity index (χ3v) is 4.54. The van der Waals surface area contributed by atoms with E-state index < -0.39 is 5.60 Å². The summed E-state index contributed by atoms with van der Waals surface area (Å²) >= 11 is 2.00. The van der Waals surface area contributed by atoms with Crippen LogP contribution in [0.5, 0.6) is 0 Å². The first-order valence-corrected chi connectivity index (χ1v) is 6.35. The summed E-state index contributed by atoms with van der Waals surface area (Å²) in [7, 11) is 0. The van der Waals surface area contributed by atoms with E-state index in [0.717, 1.165) is 12.8 Å². The van der Waals surface area contributed by atoms with Crippen LogP contribution in [0.3, 0.4) is 0 Å². The van der Waals surface area contributed by atoms with Gasteiger partial charge in [0, 0.05) is 17.4 Å². The zero-order valence-electron chi connectivity index (χ0n) is 8.07. The van der Waals surface area contributed by atoms with Crippen molar-refractivity contribution in [2.24, 2.45) is 0 Å². The Bertz CT molecular complexity index is 353. The van der Waals surface area contributed by atoms with Gasteiger partial charge < -0.3 is 5.11 Å². The molecule has 1 heterocycles. The maximum Gasteiger partial charge on any atom is 0.0901 e. The minimum atomic E-state index is -0.461. The molecule has 3 rings (SSSR count). The van der Waals surface area contributed by atoms with Gasteiger partial charge in [0.15, 0.2) is 0 Å². The highest BCUT2D eigenvalue weighted by Gasteiger charge is 2.44. The van der Waals surface area contributed by atoms with Crippen molar-refractivity contribution in [1.29, 1.82) is 0 Å². The first-order chi connectivity index (χ1) is 6.80. The van der Waals surface area contributed by atoms with Gasteiger partial charge in [-0.1, -0.05) is 24.3 Å². The van der Waals surface area contributed by atoms with E-state index in [1.54, 1.807) is 0 Å². The zero-order chi connectivity index (χ0) is 9.60. The Morgan fingerprint density at radius 3 is 2.50 bits per heavy atom. The lowest BCUT2D eigenvalue weighted by Gasteiger charge is -2.28. The van der Waals surface area contributed by atoms with E-state index in [9.17, 15) is 5.11 Å². The van der Waals surface area contributed by atoms with Gasteiger partial charge in [0.05, 0.1) is 5.60 Å². The summed E-state index contributed by atoms with van der Waals surface area (Å²) in [6.07, 6.45) is 1.90. The molecule has 0 spiro atoms. The summed E-state index contributed by atoms with van der Waals surface area (Å²) in [5.74, 6) is 3.15. The predicted octanol–water partition coefficient (Wildman–Crippen LogP) is 2.50. The molecule has 74 valence electrons. The van der Waals surface area contributed by atoms with Gasteiger partial charge in [0.1, 0.15) is 0 Å². The number of hydrogen-bond acceptors (Lipinski definition) is 2.